The predicted molar refractivity (Wildman–Crippen MR) is 106 cm³/mol. The van der Waals surface area contributed by atoms with Crippen LogP contribution >= 0.6 is 11.6 Å². The van der Waals surface area contributed by atoms with Crippen LogP contribution in [0.2, 0.25) is 5.15 Å². The Kier molecular flexibility index (Phi) is 5.42. The van der Waals surface area contributed by atoms with Crippen molar-refractivity contribution in [2.75, 3.05) is 16.0 Å². The Morgan fingerprint density at radius 2 is 1.52 bits per heavy atom. The van der Waals surface area contributed by atoms with Crippen molar-refractivity contribution in [2.24, 2.45) is 7.05 Å². The van der Waals surface area contributed by atoms with E-state index in [9.17, 15) is 9.59 Å². The number of hydrogen-bond acceptors (Lipinski definition) is 3. The molecular formula is C19H18ClN5O2. The summed E-state index contributed by atoms with van der Waals surface area (Å²) in [6.07, 6.45) is 0. The molecule has 0 unspecified atom stereocenters. The molecule has 2 aromatic carbocycles. The zero-order valence-electron chi connectivity index (χ0n) is 14.8. The first-order valence-corrected chi connectivity index (χ1v) is 8.55. The number of urea groups is 1. The van der Waals surface area contributed by atoms with Gasteiger partial charge in [-0.1, -0.05) is 35.9 Å². The zero-order chi connectivity index (χ0) is 19.4. The second-order valence-electron chi connectivity index (χ2n) is 5.85. The van der Waals surface area contributed by atoms with Crippen molar-refractivity contribution in [1.82, 2.24) is 9.78 Å². The number of rotatable bonds is 4. The number of para-hydroxylation sites is 1. The quantitative estimate of drug-likeness (QED) is 0.628. The maximum absolute atomic E-state index is 12.5. The van der Waals surface area contributed by atoms with Crippen LogP contribution in [0.15, 0.2) is 54.6 Å². The molecule has 8 heteroatoms. The summed E-state index contributed by atoms with van der Waals surface area (Å²) in [5.74, 6) is -0.364. The van der Waals surface area contributed by atoms with E-state index in [2.05, 4.69) is 21.0 Å². The summed E-state index contributed by atoms with van der Waals surface area (Å²) in [4.78, 5) is 24.6. The molecule has 0 aliphatic heterocycles. The van der Waals surface area contributed by atoms with E-state index >= 15 is 0 Å². The first kappa shape index (κ1) is 18.5. The third-order valence-corrected chi connectivity index (χ3v) is 4.22. The highest BCUT2D eigenvalue weighted by Gasteiger charge is 2.19. The minimum atomic E-state index is -0.379. The van der Waals surface area contributed by atoms with Crippen molar-refractivity contribution >= 4 is 40.6 Å². The van der Waals surface area contributed by atoms with E-state index in [1.807, 2.05) is 18.2 Å². The molecule has 0 bridgehead atoms. The summed E-state index contributed by atoms with van der Waals surface area (Å²) in [7, 11) is 1.67. The molecule has 0 spiro atoms. The van der Waals surface area contributed by atoms with Crippen LogP contribution in [0.1, 0.15) is 16.1 Å². The summed E-state index contributed by atoms with van der Waals surface area (Å²) < 4.78 is 1.44. The van der Waals surface area contributed by atoms with E-state index in [0.29, 0.717) is 28.3 Å². The van der Waals surface area contributed by atoms with Gasteiger partial charge in [0, 0.05) is 24.1 Å². The number of nitrogens with zero attached hydrogens (tertiary/aromatic N) is 2. The Labute approximate surface area is 161 Å². The van der Waals surface area contributed by atoms with E-state index in [1.165, 1.54) is 4.68 Å². The number of halogens is 1. The first-order chi connectivity index (χ1) is 12.9. The lowest BCUT2D eigenvalue weighted by Crippen LogP contribution is -2.19. The highest BCUT2D eigenvalue weighted by atomic mass is 35.5. The van der Waals surface area contributed by atoms with Gasteiger partial charge >= 0.3 is 6.03 Å². The number of aromatic nitrogens is 2. The molecule has 0 aliphatic carbocycles. The van der Waals surface area contributed by atoms with E-state index in [-0.39, 0.29) is 17.1 Å². The molecule has 1 heterocycles. The van der Waals surface area contributed by atoms with Crippen LogP contribution in [0.3, 0.4) is 0 Å². The van der Waals surface area contributed by atoms with Gasteiger partial charge in [-0.25, -0.2) is 4.79 Å². The Morgan fingerprint density at radius 3 is 2.15 bits per heavy atom. The van der Waals surface area contributed by atoms with Crippen molar-refractivity contribution < 1.29 is 9.59 Å². The largest absolute Gasteiger partial charge is 0.323 e. The highest BCUT2D eigenvalue weighted by Crippen LogP contribution is 2.21. The minimum absolute atomic E-state index is 0.265. The Hall–Kier alpha value is -3.32. The number of aryl methyl sites for hydroxylation is 2. The van der Waals surface area contributed by atoms with Gasteiger partial charge in [0.15, 0.2) is 0 Å². The van der Waals surface area contributed by atoms with Crippen molar-refractivity contribution in [3.8, 4) is 0 Å². The number of hydrogen-bond donors (Lipinski definition) is 3. The van der Waals surface area contributed by atoms with Crippen LogP contribution in [0.5, 0.6) is 0 Å². The van der Waals surface area contributed by atoms with Gasteiger partial charge in [-0.2, -0.15) is 5.10 Å². The van der Waals surface area contributed by atoms with Gasteiger partial charge in [-0.05, 0) is 37.3 Å². The van der Waals surface area contributed by atoms with Gasteiger partial charge in [0.1, 0.15) is 5.15 Å². The van der Waals surface area contributed by atoms with Gasteiger partial charge in [-0.15, -0.1) is 0 Å². The van der Waals surface area contributed by atoms with Gasteiger partial charge in [0.05, 0.1) is 11.3 Å². The van der Waals surface area contributed by atoms with Gasteiger partial charge in [0.25, 0.3) is 5.91 Å². The topological polar surface area (TPSA) is 88.1 Å². The Balaban J connectivity index is 1.68. The van der Waals surface area contributed by atoms with Crippen LogP contribution in [0, 0.1) is 6.92 Å². The summed E-state index contributed by atoms with van der Waals surface area (Å²) >= 11 is 6.13. The lowest BCUT2D eigenvalue weighted by molar-refractivity contribution is 0.102. The van der Waals surface area contributed by atoms with Gasteiger partial charge in [-0.3, -0.25) is 9.48 Å². The fourth-order valence-electron chi connectivity index (χ4n) is 2.57. The molecule has 0 saturated carbocycles. The number of carbonyl (C=O) groups excluding carboxylic acids is 2. The lowest BCUT2D eigenvalue weighted by Gasteiger charge is -2.10. The van der Waals surface area contributed by atoms with Gasteiger partial charge < -0.3 is 16.0 Å². The van der Waals surface area contributed by atoms with E-state index in [0.717, 1.165) is 0 Å². The van der Waals surface area contributed by atoms with Crippen molar-refractivity contribution in [3.63, 3.8) is 0 Å². The molecule has 7 nitrogen and oxygen atoms in total. The molecule has 0 saturated heterocycles. The molecule has 3 aromatic rings. The molecule has 3 rings (SSSR count). The summed E-state index contributed by atoms with van der Waals surface area (Å²) in [6.45, 7) is 1.71. The standard InChI is InChI=1S/C19H18ClN5O2/c1-12-16(17(20)25(2)24-12)18(26)21-14-9-6-10-15(11-14)23-19(27)22-13-7-4-3-5-8-13/h3-11H,1-2H3,(H,21,26)(H2,22,23,27). The van der Waals surface area contributed by atoms with Crippen molar-refractivity contribution in [1.29, 1.82) is 0 Å². The van der Waals surface area contributed by atoms with E-state index < -0.39 is 0 Å². The molecule has 3 N–H and O–H groups in total. The third kappa shape index (κ3) is 4.45. The molecular weight excluding hydrogens is 366 g/mol. The summed E-state index contributed by atoms with van der Waals surface area (Å²) in [5, 5.41) is 12.6. The Morgan fingerprint density at radius 1 is 0.926 bits per heavy atom. The molecule has 3 amide bonds. The van der Waals surface area contributed by atoms with Crippen LogP contribution < -0.4 is 16.0 Å². The van der Waals surface area contributed by atoms with Crippen LogP contribution in [-0.4, -0.2) is 21.7 Å². The van der Waals surface area contributed by atoms with E-state index in [4.69, 9.17) is 11.6 Å². The maximum Gasteiger partial charge on any atom is 0.323 e. The second-order valence-corrected chi connectivity index (χ2v) is 6.21. The van der Waals surface area contributed by atoms with Crippen LogP contribution in [0.4, 0.5) is 21.9 Å². The molecule has 1 aromatic heterocycles. The lowest BCUT2D eigenvalue weighted by atomic mass is 10.2. The fourth-order valence-corrected chi connectivity index (χ4v) is 2.83. The number of amides is 3. The molecule has 0 atom stereocenters. The zero-order valence-corrected chi connectivity index (χ0v) is 15.5. The molecule has 0 aliphatic rings. The van der Waals surface area contributed by atoms with Crippen molar-refractivity contribution in [3.05, 3.63) is 71.0 Å². The summed E-state index contributed by atoms with van der Waals surface area (Å²) in [5.41, 5.74) is 2.60. The molecule has 0 radical (unpaired) electrons. The molecule has 0 fully saturated rings. The van der Waals surface area contributed by atoms with Crippen LogP contribution in [-0.2, 0) is 7.05 Å². The fraction of sp³-hybridized carbons (Fsp3) is 0.105. The third-order valence-electron chi connectivity index (χ3n) is 3.79. The average molecular weight is 384 g/mol. The molecule has 138 valence electrons. The van der Waals surface area contributed by atoms with Crippen LogP contribution in [0.25, 0.3) is 0 Å². The van der Waals surface area contributed by atoms with Gasteiger partial charge in [0.2, 0.25) is 0 Å². The minimum Gasteiger partial charge on any atom is -0.322 e. The Bertz CT molecular complexity index is 985. The second kappa shape index (κ2) is 7.92. The summed E-state index contributed by atoms with van der Waals surface area (Å²) in [6, 6.07) is 15.6. The highest BCUT2D eigenvalue weighted by molar-refractivity contribution is 6.33. The van der Waals surface area contributed by atoms with Crippen molar-refractivity contribution in [2.45, 2.75) is 6.92 Å². The van der Waals surface area contributed by atoms with E-state index in [1.54, 1.807) is 50.4 Å². The number of anilines is 3. The average Bonchev–Trinajstić information content (AvgIpc) is 2.88. The monoisotopic (exact) mass is 383 g/mol. The maximum atomic E-state index is 12.5. The normalized spacial score (nSPS) is 10.3. The SMILES string of the molecule is Cc1nn(C)c(Cl)c1C(=O)Nc1cccc(NC(=O)Nc2ccccc2)c1. The number of carbonyl (C=O) groups is 2. The number of nitrogens with one attached hydrogen (secondary N) is 3. The molecule has 27 heavy (non-hydrogen) atoms. The first-order valence-electron chi connectivity index (χ1n) is 8.17. The smallest absolute Gasteiger partial charge is 0.322 e. The number of benzene rings is 2. The predicted octanol–water partition coefficient (Wildman–Crippen LogP) is 4.28.